The average Bonchev–Trinajstić information content (AvgIpc) is 3.21. The van der Waals surface area contributed by atoms with Crippen molar-refractivity contribution in [2.24, 2.45) is 11.3 Å². The van der Waals surface area contributed by atoms with Crippen molar-refractivity contribution in [3.05, 3.63) is 0 Å². The number of rotatable bonds is 1. The molecule has 1 N–H and O–H groups in total. The third-order valence-corrected chi connectivity index (χ3v) is 8.74. The minimum Gasteiger partial charge on any atom is -0.337 e. The van der Waals surface area contributed by atoms with Gasteiger partial charge in [0.05, 0.1) is 11.0 Å². The quantitative estimate of drug-likeness (QED) is 0.779. The fourth-order valence-corrected chi connectivity index (χ4v) is 7.08. The lowest BCUT2D eigenvalue weighted by atomic mass is 9.90. The number of fused-ring (bicyclic) bond motifs is 1. The molecule has 0 bridgehead atoms. The zero-order chi connectivity index (χ0) is 15.4. The fraction of sp³-hybridized carbons (Fsp3) is 0.938. The van der Waals surface area contributed by atoms with Crippen molar-refractivity contribution in [3.8, 4) is 0 Å². The van der Waals surface area contributed by atoms with E-state index in [2.05, 4.69) is 5.32 Å². The first kappa shape index (κ1) is 14.9. The zero-order valence-electron chi connectivity index (χ0n) is 13.1. The number of carbonyl (C=O) groups excluding carboxylic acids is 1. The molecule has 22 heavy (non-hydrogen) atoms. The lowest BCUT2D eigenvalue weighted by molar-refractivity contribution is -0.136. The molecule has 3 atom stereocenters. The maximum Gasteiger partial charge on any atom is 0.226 e. The van der Waals surface area contributed by atoms with Gasteiger partial charge >= 0.3 is 0 Å². The molecule has 4 aliphatic rings. The third kappa shape index (κ3) is 2.30. The minimum atomic E-state index is -2.99. The minimum absolute atomic E-state index is 0.0423. The van der Waals surface area contributed by atoms with Crippen molar-refractivity contribution < 1.29 is 13.2 Å². The molecule has 5 nitrogen and oxygen atoms in total. The summed E-state index contributed by atoms with van der Waals surface area (Å²) in [6.45, 7) is 2.46. The smallest absolute Gasteiger partial charge is 0.226 e. The lowest BCUT2D eigenvalue weighted by Gasteiger charge is -2.44. The van der Waals surface area contributed by atoms with E-state index in [1.54, 1.807) is 0 Å². The second-order valence-corrected chi connectivity index (χ2v) is 10.00. The van der Waals surface area contributed by atoms with Crippen LogP contribution in [0.1, 0.15) is 44.9 Å². The predicted octanol–water partition coefficient (Wildman–Crippen LogP) is 0.944. The first-order valence-corrected chi connectivity index (χ1v) is 10.5. The van der Waals surface area contributed by atoms with Gasteiger partial charge in [0, 0.05) is 18.5 Å². The first-order valence-electron chi connectivity index (χ1n) is 8.76. The van der Waals surface area contributed by atoms with Crippen LogP contribution in [0.2, 0.25) is 0 Å². The number of hydrogen-bond acceptors (Lipinski definition) is 4. The molecule has 1 spiro atoms. The Bertz CT molecular complexity index is 568. The molecule has 6 heteroatoms. The van der Waals surface area contributed by atoms with Gasteiger partial charge in [0.25, 0.3) is 0 Å². The van der Waals surface area contributed by atoms with Gasteiger partial charge in [0.2, 0.25) is 5.91 Å². The zero-order valence-corrected chi connectivity index (χ0v) is 13.9. The molecule has 124 valence electrons. The Balaban J connectivity index is 1.51. The molecule has 0 aromatic heterocycles. The fourth-order valence-electron chi connectivity index (χ4n) is 5.04. The van der Waals surface area contributed by atoms with Gasteiger partial charge in [-0.3, -0.25) is 4.79 Å². The molecule has 1 amide bonds. The van der Waals surface area contributed by atoms with Crippen molar-refractivity contribution in [1.29, 1.82) is 0 Å². The third-order valence-electron chi connectivity index (χ3n) is 6.52. The molecule has 0 aromatic rings. The van der Waals surface area contributed by atoms with E-state index >= 15 is 0 Å². The summed E-state index contributed by atoms with van der Waals surface area (Å²) in [5.41, 5.74) is 0.239. The number of nitrogens with one attached hydrogen (secondary N) is 1. The van der Waals surface area contributed by atoms with Crippen LogP contribution in [0, 0.1) is 11.3 Å². The van der Waals surface area contributed by atoms with Crippen molar-refractivity contribution in [2.45, 2.75) is 56.2 Å². The lowest BCUT2D eigenvalue weighted by Crippen LogP contribution is -2.58. The molecule has 0 radical (unpaired) electrons. The van der Waals surface area contributed by atoms with Gasteiger partial charge < -0.3 is 10.2 Å². The number of hydrogen-bond donors (Lipinski definition) is 1. The van der Waals surface area contributed by atoms with E-state index in [9.17, 15) is 13.2 Å². The summed E-state index contributed by atoms with van der Waals surface area (Å²) in [5, 5.41) is 3.08. The Labute approximate surface area is 132 Å². The summed E-state index contributed by atoms with van der Waals surface area (Å²) >= 11 is 0. The van der Waals surface area contributed by atoms with Gasteiger partial charge in [-0.15, -0.1) is 0 Å². The molecule has 2 saturated heterocycles. The van der Waals surface area contributed by atoms with Crippen LogP contribution in [0.15, 0.2) is 0 Å². The highest BCUT2D eigenvalue weighted by atomic mass is 32.2. The van der Waals surface area contributed by atoms with Gasteiger partial charge in [-0.05, 0) is 50.6 Å². The summed E-state index contributed by atoms with van der Waals surface area (Å²) in [6.07, 6.45) is 6.89. The largest absolute Gasteiger partial charge is 0.337 e. The van der Waals surface area contributed by atoms with Crippen LogP contribution in [-0.4, -0.2) is 55.9 Å². The number of sulfone groups is 1. The molecule has 0 aromatic carbocycles. The summed E-state index contributed by atoms with van der Waals surface area (Å²) in [7, 11) is -2.99. The Morgan fingerprint density at radius 1 is 1.14 bits per heavy atom. The summed E-state index contributed by atoms with van der Waals surface area (Å²) < 4.78 is 24.6. The molecule has 4 fully saturated rings. The molecular formula is C16H26N2O3S. The summed E-state index contributed by atoms with van der Waals surface area (Å²) in [5.74, 6) is 0.591. The predicted molar refractivity (Wildman–Crippen MR) is 84.2 cm³/mol. The van der Waals surface area contributed by atoms with Crippen molar-refractivity contribution in [2.75, 3.05) is 25.4 Å². The standard InChI is InChI=1S/C16H26N2O3S/c19-15(12-11-16(12)5-7-17-8-6-16)18-9-10-22(20,21)14-4-2-1-3-13(14)18/h12-14,17H,1-11H2. The molecule has 2 saturated carbocycles. The van der Waals surface area contributed by atoms with E-state index in [1.165, 1.54) is 0 Å². The first-order chi connectivity index (χ1) is 10.5. The van der Waals surface area contributed by atoms with Crippen molar-refractivity contribution in [1.82, 2.24) is 10.2 Å². The Morgan fingerprint density at radius 3 is 2.64 bits per heavy atom. The maximum atomic E-state index is 13.0. The van der Waals surface area contributed by atoms with Crippen LogP contribution in [-0.2, 0) is 14.6 Å². The van der Waals surface area contributed by atoms with Crippen LogP contribution in [0.5, 0.6) is 0 Å². The van der Waals surface area contributed by atoms with Crippen LogP contribution < -0.4 is 5.32 Å². The number of piperidine rings is 1. The molecule has 2 aliphatic carbocycles. The highest BCUT2D eigenvalue weighted by Crippen LogP contribution is 2.59. The van der Waals surface area contributed by atoms with Crippen molar-refractivity contribution >= 4 is 15.7 Å². The monoisotopic (exact) mass is 326 g/mol. The van der Waals surface area contributed by atoms with E-state index in [-0.39, 0.29) is 34.3 Å². The Morgan fingerprint density at radius 2 is 1.86 bits per heavy atom. The van der Waals surface area contributed by atoms with Gasteiger partial charge in [-0.2, -0.15) is 0 Å². The molecule has 2 aliphatic heterocycles. The van der Waals surface area contributed by atoms with Gasteiger partial charge in [-0.25, -0.2) is 8.42 Å². The second-order valence-electron chi connectivity index (χ2n) is 7.66. The molecule has 4 rings (SSSR count). The topological polar surface area (TPSA) is 66.5 Å². The number of nitrogens with zero attached hydrogens (tertiary/aromatic N) is 1. The van der Waals surface area contributed by atoms with Crippen LogP contribution in [0.4, 0.5) is 0 Å². The second kappa shape index (κ2) is 5.20. The normalized spacial score (nSPS) is 39.3. The molecule has 3 unspecified atom stereocenters. The van der Waals surface area contributed by atoms with Gasteiger partial charge in [-0.1, -0.05) is 12.8 Å². The SMILES string of the molecule is O=C(C1CC12CCNCC2)N1CCS(=O)(=O)C2CCCCC21. The Kier molecular flexibility index (Phi) is 3.53. The highest BCUT2D eigenvalue weighted by Gasteiger charge is 2.60. The van der Waals surface area contributed by atoms with E-state index in [1.807, 2.05) is 4.90 Å². The van der Waals surface area contributed by atoms with E-state index in [4.69, 9.17) is 0 Å². The summed E-state index contributed by atoms with van der Waals surface area (Å²) in [6, 6.07) is -0.0423. The van der Waals surface area contributed by atoms with E-state index in [0.717, 1.165) is 58.0 Å². The summed E-state index contributed by atoms with van der Waals surface area (Å²) in [4.78, 5) is 15.0. The Hall–Kier alpha value is -0.620. The van der Waals surface area contributed by atoms with Gasteiger partial charge in [0.1, 0.15) is 0 Å². The van der Waals surface area contributed by atoms with Gasteiger partial charge in [0.15, 0.2) is 9.84 Å². The van der Waals surface area contributed by atoms with Crippen LogP contribution in [0.25, 0.3) is 0 Å². The number of carbonyl (C=O) groups is 1. The number of amides is 1. The highest BCUT2D eigenvalue weighted by molar-refractivity contribution is 7.92. The average molecular weight is 326 g/mol. The van der Waals surface area contributed by atoms with Crippen molar-refractivity contribution in [3.63, 3.8) is 0 Å². The molecule has 2 heterocycles. The van der Waals surface area contributed by atoms with E-state index in [0.29, 0.717) is 6.54 Å². The van der Waals surface area contributed by atoms with Crippen LogP contribution >= 0.6 is 0 Å². The molecular weight excluding hydrogens is 300 g/mol. The van der Waals surface area contributed by atoms with E-state index < -0.39 is 9.84 Å². The van der Waals surface area contributed by atoms with Crippen LogP contribution in [0.3, 0.4) is 0 Å². The maximum absolute atomic E-state index is 13.0.